The first kappa shape index (κ1) is 18.0. The molecule has 1 aromatic carbocycles. The summed E-state index contributed by atoms with van der Waals surface area (Å²) in [6.07, 6.45) is 5.09. The van der Waals surface area contributed by atoms with Crippen molar-refractivity contribution in [1.82, 2.24) is 19.1 Å². The molecule has 0 radical (unpaired) electrons. The lowest BCUT2D eigenvalue weighted by atomic mass is 9.94. The van der Waals surface area contributed by atoms with Crippen LogP contribution in [0.3, 0.4) is 0 Å². The van der Waals surface area contributed by atoms with Crippen LogP contribution in [0.2, 0.25) is 0 Å². The quantitative estimate of drug-likeness (QED) is 0.412. The van der Waals surface area contributed by atoms with Crippen LogP contribution in [0.4, 0.5) is 17.6 Å². The molecule has 0 spiro atoms. The van der Waals surface area contributed by atoms with Gasteiger partial charge in [0.15, 0.2) is 28.0 Å². The van der Waals surface area contributed by atoms with Gasteiger partial charge in [-0.2, -0.15) is 0 Å². The van der Waals surface area contributed by atoms with E-state index in [9.17, 15) is 17.6 Å². The predicted octanol–water partition coefficient (Wildman–Crippen LogP) is 3.96. The van der Waals surface area contributed by atoms with Crippen LogP contribution >= 0.6 is 12.2 Å². The summed E-state index contributed by atoms with van der Waals surface area (Å²) in [5, 5.41) is 0. The molecule has 4 rings (SSSR count). The number of aromatic nitrogens is 4. The molecule has 2 aromatic heterocycles. The maximum atomic E-state index is 14.2. The van der Waals surface area contributed by atoms with Crippen molar-refractivity contribution in [2.75, 3.05) is 0 Å². The summed E-state index contributed by atoms with van der Waals surface area (Å²) in [7, 11) is 1.90. The fraction of sp³-hybridized carbons (Fsp3) is 0.333. The van der Waals surface area contributed by atoms with E-state index in [0.29, 0.717) is 17.6 Å². The molecule has 0 saturated heterocycles. The van der Waals surface area contributed by atoms with Gasteiger partial charge in [-0.3, -0.25) is 0 Å². The summed E-state index contributed by atoms with van der Waals surface area (Å²) in [4.78, 5) is 7.40. The van der Waals surface area contributed by atoms with E-state index in [-0.39, 0.29) is 19.0 Å². The Labute approximate surface area is 157 Å². The molecule has 0 aliphatic carbocycles. The highest BCUT2D eigenvalue weighted by Gasteiger charge is 2.33. The second-order valence-corrected chi connectivity index (χ2v) is 7.09. The summed E-state index contributed by atoms with van der Waals surface area (Å²) >= 11 is 5.31. The Morgan fingerprint density at radius 2 is 1.89 bits per heavy atom. The van der Waals surface area contributed by atoms with Crippen molar-refractivity contribution in [3.63, 3.8) is 0 Å². The van der Waals surface area contributed by atoms with Gasteiger partial charge in [0.2, 0.25) is 0 Å². The molecule has 0 bridgehead atoms. The third kappa shape index (κ3) is 2.99. The molecule has 1 atom stereocenters. The number of hydrogen-bond acceptors (Lipinski definition) is 2. The van der Waals surface area contributed by atoms with Gasteiger partial charge < -0.3 is 14.1 Å². The van der Waals surface area contributed by atoms with Crippen molar-refractivity contribution >= 4 is 12.2 Å². The van der Waals surface area contributed by atoms with Crippen molar-refractivity contribution in [2.45, 2.75) is 31.7 Å². The third-order valence-corrected chi connectivity index (χ3v) is 5.42. The zero-order valence-electron chi connectivity index (χ0n) is 14.4. The molecule has 1 aliphatic heterocycles. The monoisotopic (exact) mass is 396 g/mol. The smallest absolute Gasteiger partial charge is 0.177 e. The van der Waals surface area contributed by atoms with Gasteiger partial charge in [-0.25, -0.2) is 22.5 Å². The van der Waals surface area contributed by atoms with Crippen molar-refractivity contribution in [3.8, 4) is 0 Å². The number of nitrogens with zero attached hydrogens (tertiary/aromatic N) is 3. The fourth-order valence-corrected chi connectivity index (χ4v) is 4.03. The molecule has 3 heterocycles. The highest BCUT2D eigenvalue weighted by molar-refractivity contribution is 7.71. The van der Waals surface area contributed by atoms with Gasteiger partial charge in [-0.15, -0.1) is 0 Å². The number of imidazole rings is 2. The molecule has 0 amide bonds. The predicted molar refractivity (Wildman–Crippen MR) is 93.0 cm³/mol. The molecule has 4 nitrogen and oxygen atoms in total. The van der Waals surface area contributed by atoms with Crippen LogP contribution in [0.1, 0.15) is 28.7 Å². The molecule has 0 fully saturated rings. The summed E-state index contributed by atoms with van der Waals surface area (Å²) in [6.45, 7) is 0.170. The molecular weight excluding hydrogens is 380 g/mol. The van der Waals surface area contributed by atoms with E-state index < -0.39 is 34.8 Å². The molecule has 9 heteroatoms. The Bertz CT molecular complexity index is 1060. The lowest BCUT2D eigenvalue weighted by molar-refractivity contribution is 0.423. The van der Waals surface area contributed by atoms with Crippen LogP contribution in [-0.4, -0.2) is 19.1 Å². The van der Waals surface area contributed by atoms with Gasteiger partial charge in [-0.05, 0) is 25.1 Å². The van der Waals surface area contributed by atoms with Crippen LogP contribution in [0, 0.1) is 28.0 Å². The van der Waals surface area contributed by atoms with Crippen molar-refractivity contribution in [2.24, 2.45) is 7.05 Å². The average Bonchev–Trinajstić information content (AvgIpc) is 3.30. The van der Waals surface area contributed by atoms with Crippen LogP contribution in [0.25, 0.3) is 0 Å². The highest BCUT2D eigenvalue weighted by atomic mass is 32.1. The Morgan fingerprint density at radius 1 is 1.19 bits per heavy atom. The minimum absolute atomic E-state index is 0.170. The number of nitrogens with one attached hydrogen (secondary N) is 1. The van der Waals surface area contributed by atoms with E-state index in [1.165, 1.54) is 0 Å². The zero-order valence-corrected chi connectivity index (χ0v) is 15.2. The number of aromatic amines is 1. The second-order valence-electron chi connectivity index (χ2n) is 6.70. The topological polar surface area (TPSA) is 38.5 Å². The van der Waals surface area contributed by atoms with Crippen molar-refractivity contribution in [3.05, 3.63) is 69.3 Å². The number of rotatable bonds is 4. The minimum Gasteiger partial charge on any atom is -0.338 e. The van der Waals surface area contributed by atoms with Gasteiger partial charge in [-0.1, -0.05) is 0 Å². The molecular formula is C18H16F4N4S. The number of benzene rings is 1. The maximum Gasteiger partial charge on any atom is 0.177 e. The van der Waals surface area contributed by atoms with E-state index >= 15 is 0 Å². The largest absolute Gasteiger partial charge is 0.338 e. The number of H-pyrrole nitrogens is 1. The van der Waals surface area contributed by atoms with Gasteiger partial charge in [0.05, 0.1) is 0 Å². The average molecular weight is 396 g/mol. The fourth-order valence-electron chi connectivity index (χ4n) is 3.72. The second kappa shape index (κ2) is 6.63. The van der Waals surface area contributed by atoms with E-state index in [1.54, 1.807) is 10.8 Å². The first-order valence-corrected chi connectivity index (χ1v) is 8.87. The van der Waals surface area contributed by atoms with Gasteiger partial charge in [0.1, 0.15) is 5.82 Å². The first-order valence-electron chi connectivity index (χ1n) is 8.46. The van der Waals surface area contributed by atoms with Gasteiger partial charge >= 0.3 is 0 Å². The Balaban J connectivity index is 1.63. The van der Waals surface area contributed by atoms with Crippen LogP contribution in [0.15, 0.2) is 18.5 Å². The summed E-state index contributed by atoms with van der Waals surface area (Å²) in [5.74, 6) is -5.27. The Kier molecular flexibility index (Phi) is 4.41. The van der Waals surface area contributed by atoms with E-state index in [1.807, 2.05) is 17.8 Å². The maximum absolute atomic E-state index is 14.2. The first-order chi connectivity index (χ1) is 12.9. The van der Waals surface area contributed by atoms with Gasteiger partial charge in [0, 0.05) is 61.3 Å². The Hall–Kier alpha value is -2.42. The summed E-state index contributed by atoms with van der Waals surface area (Å²) in [5.41, 5.74) is 1.10. The van der Waals surface area contributed by atoms with Crippen LogP contribution in [-0.2, 0) is 32.9 Å². The molecule has 3 aromatic rings. The van der Waals surface area contributed by atoms with E-state index in [0.717, 1.165) is 17.2 Å². The number of halogens is 4. The molecule has 1 N–H and O–H groups in total. The molecule has 0 unspecified atom stereocenters. The van der Waals surface area contributed by atoms with E-state index in [4.69, 9.17) is 12.2 Å². The zero-order chi connectivity index (χ0) is 19.3. The van der Waals surface area contributed by atoms with Crippen LogP contribution in [0.5, 0.6) is 0 Å². The third-order valence-electron chi connectivity index (χ3n) is 5.09. The molecule has 1 aliphatic rings. The Morgan fingerprint density at radius 3 is 2.52 bits per heavy atom. The minimum atomic E-state index is -1.39. The standard InChI is InChI=1S/C18H16F4N4S/c1-25-5-4-23-14(25)3-2-12-13-6-9(8-26(13)18(27)24-12)15-16(21)10(19)7-11(20)17(15)22/h4-5,7,9H,2-3,6,8H2,1H3,(H,24,27)/t9-/m0/s1. The van der Waals surface area contributed by atoms with Gasteiger partial charge in [0.25, 0.3) is 0 Å². The van der Waals surface area contributed by atoms with Crippen molar-refractivity contribution < 1.29 is 17.6 Å². The summed E-state index contributed by atoms with van der Waals surface area (Å²) < 4.78 is 59.6. The normalized spacial score (nSPS) is 16.1. The number of aryl methyl sites for hydroxylation is 3. The highest BCUT2D eigenvalue weighted by Crippen LogP contribution is 2.36. The lowest BCUT2D eigenvalue weighted by Crippen LogP contribution is -2.11. The van der Waals surface area contributed by atoms with Crippen LogP contribution < -0.4 is 0 Å². The van der Waals surface area contributed by atoms with E-state index in [2.05, 4.69) is 9.97 Å². The number of fused-ring (bicyclic) bond motifs is 1. The van der Waals surface area contributed by atoms with Crippen molar-refractivity contribution in [1.29, 1.82) is 0 Å². The molecule has 0 saturated carbocycles. The summed E-state index contributed by atoms with van der Waals surface area (Å²) in [6, 6.07) is 0.230. The SMILES string of the molecule is Cn1ccnc1CCc1[nH]c(=S)n2c1C[C@H](c1c(F)c(F)cc(F)c1F)C2. The molecule has 142 valence electrons. The molecule has 27 heavy (non-hydrogen) atoms. The lowest BCUT2D eigenvalue weighted by Gasteiger charge is -2.13. The number of hydrogen-bond donors (Lipinski definition) is 1.